The molecule has 0 bridgehead atoms. The van der Waals surface area contributed by atoms with Crippen LogP contribution in [0.15, 0.2) is 30.3 Å². The van der Waals surface area contributed by atoms with Gasteiger partial charge in [0.05, 0.1) is 0 Å². The number of amides is 3. The van der Waals surface area contributed by atoms with Crippen LogP contribution in [-0.4, -0.2) is 23.6 Å². The van der Waals surface area contributed by atoms with Gasteiger partial charge in [0.2, 0.25) is 0 Å². The second kappa shape index (κ2) is 4.99. The minimum atomic E-state index is -0.821. The van der Waals surface area contributed by atoms with E-state index in [2.05, 4.69) is 0 Å². The quantitative estimate of drug-likeness (QED) is 0.802. The number of imide groups is 1. The molecule has 0 radical (unpaired) electrons. The van der Waals surface area contributed by atoms with Crippen LogP contribution in [0, 0.1) is 0 Å². The third kappa shape index (κ3) is 2.98. The summed E-state index contributed by atoms with van der Waals surface area (Å²) in [5.41, 5.74) is 4.99. The Bertz CT molecular complexity index is 351. The summed E-state index contributed by atoms with van der Waals surface area (Å²) in [6, 6.07) is 7.66. The zero-order valence-corrected chi connectivity index (χ0v) is 8.34. The molecule has 0 aliphatic rings. The highest BCUT2D eigenvalue weighted by Crippen LogP contribution is 2.09. The van der Waals surface area contributed by atoms with Gasteiger partial charge in [-0.25, -0.2) is 14.5 Å². The number of carbonyl (C=O) groups is 2. The number of ether oxygens (including phenoxy) is 1. The number of nitrogens with zero attached hydrogens (tertiary/aromatic N) is 1. The number of primary amides is 1. The first-order chi connectivity index (χ1) is 7.15. The molecular formula is C10H12N2O3. The summed E-state index contributed by atoms with van der Waals surface area (Å²) in [6.07, 6.45) is -0.767. The largest absolute Gasteiger partial charge is 0.423 e. The van der Waals surface area contributed by atoms with Crippen molar-refractivity contribution in [3.63, 3.8) is 0 Å². The highest BCUT2D eigenvalue weighted by molar-refractivity contribution is 5.90. The Morgan fingerprint density at radius 2 is 1.93 bits per heavy atom. The Labute approximate surface area is 87.4 Å². The van der Waals surface area contributed by atoms with Crippen molar-refractivity contribution in [1.29, 1.82) is 0 Å². The lowest BCUT2D eigenvalue weighted by molar-refractivity contribution is 0.159. The second-order valence-corrected chi connectivity index (χ2v) is 2.76. The Morgan fingerprint density at radius 1 is 1.33 bits per heavy atom. The van der Waals surface area contributed by atoms with Crippen molar-refractivity contribution in [2.75, 3.05) is 6.54 Å². The van der Waals surface area contributed by atoms with Crippen LogP contribution in [0.25, 0.3) is 0 Å². The van der Waals surface area contributed by atoms with Gasteiger partial charge < -0.3 is 10.5 Å². The summed E-state index contributed by atoms with van der Waals surface area (Å²) >= 11 is 0. The Kier molecular flexibility index (Phi) is 3.68. The summed E-state index contributed by atoms with van der Waals surface area (Å²) in [5, 5.41) is 0. The van der Waals surface area contributed by atoms with Gasteiger partial charge in [-0.05, 0) is 19.1 Å². The summed E-state index contributed by atoms with van der Waals surface area (Å²) in [6.45, 7) is 1.82. The van der Waals surface area contributed by atoms with E-state index in [1.807, 2.05) is 0 Å². The molecule has 0 saturated carbocycles. The van der Waals surface area contributed by atoms with Crippen LogP contribution < -0.4 is 10.5 Å². The lowest BCUT2D eigenvalue weighted by Crippen LogP contribution is -2.42. The number of urea groups is 1. The molecule has 80 valence electrons. The molecule has 1 rings (SSSR count). The smallest absolute Gasteiger partial charge is 0.410 e. The van der Waals surface area contributed by atoms with E-state index < -0.39 is 12.1 Å². The maximum atomic E-state index is 11.4. The van der Waals surface area contributed by atoms with Crippen LogP contribution in [0.1, 0.15) is 6.92 Å². The van der Waals surface area contributed by atoms with Crippen LogP contribution in [0.4, 0.5) is 9.59 Å². The van der Waals surface area contributed by atoms with Crippen molar-refractivity contribution >= 4 is 12.1 Å². The second-order valence-electron chi connectivity index (χ2n) is 2.76. The van der Waals surface area contributed by atoms with Gasteiger partial charge in [-0.1, -0.05) is 18.2 Å². The average molecular weight is 208 g/mol. The highest BCUT2D eigenvalue weighted by atomic mass is 16.6. The Hall–Kier alpha value is -2.04. The molecule has 0 saturated heterocycles. The number of hydrogen-bond donors (Lipinski definition) is 1. The Morgan fingerprint density at radius 3 is 2.40 bits per heavy atom. The normalized spacial score (nSPS) is 9.40. The van der Waals surface area contributed by atoms with E-state index in [0.29, 0.717) is 5.75 Å². The van der Waals surface area contributed by atoms with Crippen LogP contribution in [0.2, 0.25) is 0 Å². The van der Waals surface area contributed by atoms with Crippen molar-refractivity contribution in [1.82, 2.24) is 4.90 Å². The van der Waals surface area contributed by atoms with E-state index in [4.69, 9.17) is 10.5 Å². The standard InChI is InChI=1S/C10H12N2O3/c1-2-12(9(11)13)10(14)15-8-6-4-3-5-7-8/h3-7H,2H2,1H3,(H2,11,13). The first-order valence-corrected chi connectivity index (χ1v) is 4.49. The van der Waals surface area contributed by atoms with Crippen molar-refractivity contribution in [2.45, 2.75) is 6.92 Å². The number of para-hydroxylation sites is 1. The first-order valence-electron chi connectivity index (χ1n) is 4.49. The maximum Gasteiger partial charge on any atom is 0.423 e. The topological polar surface area (TPSA) is 72.6 Å². The summed E-state index contributed by atoms with van der Waals surface area (Å²) < 4.78 is 4.91. The number of rotatable bonds is 2. The molecule has 5 heteroatoms. The zero-order valence-electron chi connectivity index (χ0n) is 8.34. The number of hydrogen-bond acceptors (Lipinski definition) is 3. The van der Waals surface area contributed by atoms with Gasteiger partial charge in [0.15, 0.2) is 0 Å². The fourth-order valence-electron chi connectivity index (χ4n) is 1.02. The molecule has 1 aromatic rings. The van der Waals surface area contributed by atoms with Gasteiger partial charge in [-0.15, -0.1) is 0 Å². The lowest BCUT2D eigenvalue weighted by atomic mass is 10.3. The molecule has 1 aromatic carbocycles. The number of benzene rings is 1. The lowest BCUT2D eigenvalue weighted by Gasteiger charge is -2.15. The summed E-state index contributed by atoms with van der Waals surface area (Å²) in [4.78, 5) is 23.0. The molecular weight excluding hydrogens is 196 g/mol. The van der Waals surface area contributed by atoms with Crippen molar-refractivity contribution in [3.05, 3.63) is 30.3 Å². The first kappa shape index (κ1) is 11.0. The molecule has 15 heavy (non-hydrogen) atoms. The van der Waals surface area contributed by atoms with Gasteiger partial charge >= 0.3 is 12.1 Å². The van der Waals surface area contributed by atoms with E-state index >= 15 is 0 Å². The molecule has 0 aliphatic heterocycles. The molecule has 0 heterocycles. The van der Waals surface area contributed by atoms with E-state index in [1.54, 1.807) is 37.3 Å². The SMILES string of the molecule is CCN(C(N)=O)C(=O)Oc1ccccc1. The van der Waals surface area contributed by atoms with Crippen molar-refractivity contribution in [2.24, 2.45) is 5.73 Å². The van der Waals surface area contributed by atoms with Crippen LogP contribution >= 0.6 is 0 Å². The third-order valence-corrected chi connectivity index (χ3v) is 1.75. The predicted molar refractivity (Wildman–Crippen MR) is 54.4 cm³/mol. The van der Waals surface area contributed by atoms with E-state index in [1.165, 1.54) is 0 Å². The predicted octanol–water partition coefficient (Wildman–Crippen LogP) is 1.59. The van der Waals surface area contributed by atoms with Crippen molar-refractivity contribution < 1.29 is 14.3 Å². The summed E-state index contributed by atoms with van der Waals surface area (Å²) in [5.74, 6) is 0.377. The van der Waals surface area contributed by atoms with Gasteiger partial charge in [0, 0.05) is 6.54 Å². The molecule has 5 nitrogen and oxygen atoms in total. The number of nitrogens with two attached hydrogens (primary N) is 1. The fraction of sp³-hybridized carbons (Fsp3) is 0.200. The van der Waals surface area contributed by atoms with E-state index in [0.717, 1.165) is 4.90 Å². The van der Waals surface area contributed by atoms with Gasteiger partial charge in [-0.3, -0.25) is 0 Å². The van der Waals surface area contributed by atoms with E-state index in [9.17, 15) is 9.59 Å². The van der Waals surface area contributed by atoms with Crippen LogP contribution in [-0.2, 0) is 0 Å². The Balaban J connectivity index is 2.66. The van der Waals surface area contributed by atoms with Crippen molar-refractivity contribution in [3.8, 4) is 5.75 Å². The fourth-order valence-corrected chi connectivity index (χ4v) is 1.02. The van der Waals surface area contributed by atoms with Crippen LogP contribution in [0.3, 0.4) is 0 Å². The van der Waals surface area contributed by atoms with Gasteiger partial charge in [-0.2, -0.15) is 0 Å². The third-order valence-electron chi connectivity index (χ3n) is 1.75. The molecule has 0 unspecified atom stereocenters. The molecule has 0 atom stereocenters. The minimum absolute atomic E-state index is 0.182. The highest BCUT2D eigenvalue weighted by Gasteiger charge is 2.18. The minimum Gasteiger partial charge on any atom is -0.410 e. The monoisotopic (exact) mass is 208 g/mol. The molecule has 3 amide bonds. The van der Waals surface area contributed by atoms with E-state index in [-0.39, 0.29) is 6.54 Å². The molecule has 0 aliphatic carbocycles. The summed E-state index contributed by atoms with van der Waals surface area (Å²) in [7, 11) is 0. The molecule has 0 aromatic heterocycles. The zero-order chi connectivity index (χ0) is 11.3. The molecule has 0 spiro atoms. The van der Waals surface area contributed by atoms with Gasteiger partial charge in [0.1, 0.15) is 5.75 Å². The average Bonchev–Trinajstić information content (AvgIpc) is 2.19. The van der Waals surface area contributed by atoms with Gasteiger partial charge in [0.25, 0.3) is 0 Å². The molecule has 2 N–H and O–H groups in total. The van der Waals surface area contributed by atoms with Crippen LogP contribution in [0.5, 0.6) is 5.75 Å². The maximum absolute atomic E-state index is 11.4. The number of carbonyl (C=O) groups excluding carboxylic acids is 2. The molecule has 0 fully saturated rings.